The maximum atomic E-state index is 12.6. The molecule has 13 heteroatoms. The quantitative estimate of drug-likeness (QED) is 0.354. The summed E-state index contributed by atoms with van der Waals surface area (Å²) in [6.45, 7) is 0. The summed E-state index contributed by atoms with van der Waals surface area (Å²) >= 11 is 0. The number of nitro groups is 2. The highest BCUT2D eigenvalue weighted by molar-refractivity contribution is 6.01. The average Bonchev–Trinajstić information content (AvgIpc) is 2.76. The highest BCUT2D eigenvalue weighted by atomic mass is 16.6. The van der Waals surface area contributed by atoms with Crippen LogP contribution in [0.4, 0.5) is 11.4 Å². The van der Waals surface area contributed by atoms with E-state index in [0.29, 0.717) is 0 Å². The Morgan fingerprint density at radius 3 is 2.10 bits per heavy atom. The minimum Gasteiger partial charge on any atom is -0.493 e. The smallest absolute Gasteiger partial charge is 0.327 e. The molecule has 0 bridgehead atoms. The highest BCUT2D eigenvalue weighted by Gasteiger charge is 2.32. The fourth-order valence-electron chi connectivity index (χ4n) is 2.65. The maximum absolute atomic E-state index is 12.6. The highest BCUT2D eigenvalue weighted by Crippen LogP contribution is 2.46. The third-order valence-corrected chi connectivity index (χ3v) is 4.01. The predicted molar refractivity (Wildman–Crippen MR) is 107 cm³/mol. The largest absolute Gasteiger partial charge is 0.493 e. The number of carbonyl (C=O) groups is 1. The van der Waals surface area contributed by atoms with Crippen LogP contribution >= 0.6 is 0 Å². The summed E-state index contributed by atoms with van der Waals surface area (Å²) < 4.78 is 20.2. The number of nitro benzene ring substituents is 2. The third kappa shape index (κ3) is 4.77. The Morgan fingerprint density at radius 1 is 0.935 bits per heavy atom. The van der Waals surface area contributed by atoms with E-state index in [1.54, 1.807) is 0 Å². The van der Waals surface area contributed by atoms with Gasteiger partial charge in [-0.05, 0) is 12.1 Å². The van der Waals surface area contributed by atoms with Crippen LogP contribution in [0.1, 0.15) is 15.9 Å². The molecule has 0 unspecified atom stereocenters. The zero-order chi connectivity index (χ0) is 23.1. The first kappa shape index (κ1) is 22.9. The number of carbonyl (C=O) groups excluding carboxylic acids is 1. The normalized spacial score (nSPS) is 10.5. The van der Waals surface area contributed by atoms with Crippen LogP contribution in [0.15, 0.2) is 29.4 Å². The van der Waals surface area contributed by atoms with Gasteiger partial charge in [0.15, 0.2) is 11.5 Å². The molecule has 2 aromatic carbocycles. The standard InChI is InChI=1S/C18H18N4O9/c1-28-13-6-5-10(7-12(13)21(24)25)9-19-20-18(23)11-8-14(29-2)16(30-3)17(31-4)15(11)22(26)27/h5-9H,1-4H3,(H,20,23)/b19-9+. The number of benzene rings is 2. The van der Waals surface area contributed by atoms with Crippen molar-refractivity contribution in [3.8, 4) is 23.0 Å². The van der Waals surface area contributed by atoms with E-state index < -0.39 is 27.0 Å². The van der Waals surface area contributed by atoms with E-state index in [2.05, 4.69) is 10.5 Å². The summed E-state index contributed by atoms with van der Waals surface area (Å²) in [6, 6.07) is 5.15. The summed E-state index contributed by atoms with van der Waals surface area (Å²) in [7, 11) is 5.03. The number of nitrogens with one attached hydrogen (secondary N) is 1. The summed E-state index contributed by atoms with van der Waals surface area (Å²) in [5.74, 6) is -1.21. The molecular weight excluding hydrogens is 416 g/mol. The third-order valence-electron chi connectivity index (χ3n) is 4.01. The van der Waals surface area contributed by atoms with E-state index in [-0.39, 0.29) is 34.2 Å². The lowest BCUT2D eigenvalue weighted by atomic mass is 10.1. The van der Waals surface area contributed by atoms with Crippen molar-refractivity contribution in [2.45, 2.75) is 0 Å². The summed E-state index contributed by atoms with van der Waals surface area (Å²) in [5.41, 5.74) is 1.09. The second-order valence-electron chi connectivity index (χ2n) is 5.69. The van der Waals surface area contributed by atoms with E-state index in [9.17, 15) is 25.0 Å². The molecule has 0 radical (unpaired) electrons. The van der Waals surface area contributed by atoms with Crippen LogP contribution in [0.5, 0.6) is 23.0 Å². The Labute approximate surface area is 175 Å². The second-order valence-corrected chi connectivity index (χ2v) is 5.69. The van der Waals surface area contributed by atoms with Gasteiger partial charge in [-0.2, -0.15) is 5.10 Å². The van der Waals surface area contributed by atoms with Crippen LogP contribution in [-0.2, 0) is 0 Å². The van der Waals surface area contributed by atoms with Crippen molar-refractivity contribution in [1.82, 2.24) is 5.43 Å². The van der Waals surface area contributed by atoms with E-state index >= 15 is 0 Å². The number of rotatable bonds is 9. The molecule has 0 aliphatic rings. The molecule has 0 aromatic heterocycles. The molecule has 2 aromatic rings. The number of hydrogen-bond acceptors (Lipinski definition) is 10. The molecule has 0 spiro atoms. The van der Waals surface area contributed by atoms with Gasteiger partial charge in [0.1, 0.15) is 5.56 Å². The molecule has 0 saturated carbocycles. The molecule has 0 fully saturated rings. The van der Waals surface area contributed by atoms with Crippen molar-refractivity contribution >= 4 is 23.5 Å². The van der Waals surface area contributed by atoms with Crippen LogP contribution < -0.4 is 24.4 Å². The molecule has 0 atom stereocenters. The second kappa shape index (κ2) is 9.87. The number of amides is 1. The molecule has 13 nitrogen and oxygen atoms in total. The lowest BCUT2D eigenvalue weighted by molar-refractivity contribution is -0.386. The lowest BCUT2D eigenvalue weighted by Crippen LogP contribution is -2.20. The van der Waals surface area contributed by atoms with E-state index in [0.717, 1.165) is 12.3 Å². The molecule has 2 rings (SSSR count). The van der Waals surface area contributed by atoms with Gasteiger partial charge in [0, 0.05) is 17.7 Å². The van der Waals surface area contributed by atoms with Crippen molar-refractivity contribution in [1.29, 1.82) is 0 Å². The van der Waals surface area contributed by atoms with Gasteiger partial charge >= 0.3 is 11.4 Å². The summed E-state index contributed by atoms with van der Waals surface area (Å²) in [5, 5.41) is 26.4. The molecule has 0 aliphatic carbocycles. The van der Waals surface area contributed by atoms with Crippen molar-refractivity contribution in [2.24, 2.45) is 5.10 Å². The van der Waals surface area contributed by atoms with Crippen LogP contribution in [0.3, 0.4) is 0 Å². The van der Waals surface area contributed by atoms with Crippen LogP contribution in [0.2, 0.25) is 0 Å². The maximum Gasteiger partial charge on any atom is 0.327 e. The first-order valence-electron chi connectivity index (χ1n) is 8.42. The number of nitrogens with zero attached hydrogens (tertiary/aromatic N) is 3. The molecule has 0 saturated heterocycles. The fraction of sp³-hybridized carbons (Fsp3) is 0.222. The van der Waals surface area contributed by atoms with E-state index in [4.69, 9.17) is 18.9 Å². The topological polar surface area (TPSA) is 165 Å². The van der Waals surface area contributed by atoms with Gasteiger partial charge in [0.25, 0.3) is 5.91 Å². The molecule has 1 amide bonds. The first-order valence-corrected chi connectivity index (χ1v) is 8.42. The summed E-state index contributed by atoms with van der Waals surface area (Å²) in [6.07, 6.45) is 1.13. The molecule has 0 aliphatic heterocycles. The number of hydrazone groups is 1. The SMILES string of the molecule is COc1ccc(/C=N/NC(=O)c2cc(OC)c(OC)c(OC)c2[N+](=O)[O-])cc1[N+](=O)[O-]. The molecule has 31 heavy (non-hydrogen) atoms. The summed E-state index contributed by atoms with van der Waals surface area (Å²) in [4.78, 5) is 33.8. The van der Waals surface area contributed by atoms with Gasteiger partial charge in [-0.25, -0.2) is 5.43 Å². The number of hydrogen-bond donors (Lipinski definition) is 1. The average molecular weight is 434 g/mol. The number of methoxy groups -OCH3 is 4. The zero-order valence-electron chi connectivity index (χ0n) is 16.9. The van der Waals surface area contributed by atoms with Crippen molar-refractivity contribution in [3.63, 3.8) is 0 Å². The Bertz CT molecular complexity index is 1050. The Morgan fingerprint density at radius 2 is 1.58 bits per heavy atom. The van der Waals surface area contributed by atoms with Gasteiger partial charge in [-0.3, -0.25) is 25.0 Å². The van der Waals surface area contributed by atoms with Crippen LogP contribution in [0.25, 0.3) is 0 Å². The lowest BCUT2D eigenvalue weighted by Gasteiger charge is -2.14. The van der Waals surface area contributed by atoms with Gasteiger partial charge in [-0.15, -0.1) is 0 Å². The first-order chi connectivity index (χ1) is 14.8. The monoisotopic (exact) mass is 434 g/mol. The van der Waals surface area contributed by atoms with E-state index in [1.165, 1.54) is 46.6 Å². The minimum atomic E-state index is -0.940. The van der Waals surface area contributed by atoms with Crippen LogP contribution in [-0.4, -0.2) is 50.4 Å². The van der Waals surface area contributed by atoms with Gasteiger partial charge in [0.2, 0.25) is 11.5 Å². The van der Waals surface area contributed by atoms with Crippen molar-refractivity contribution in [3.05, 3.63) is 55.6 Å². The molecule has 1 N–H and O–H groups in total. The Balaban J connectivity index is 2.39. The predicted octanol–water partition coefficient (Wildman–Crippen LogP) is 2.30. The minimum absolute atomic E-state index is 0.0323. The molecular formula is C18H18N4O9. The Kier molecular flexibility index (Phi) is 7.28. The molecule has 0 heterocycles. The van der Waals surface area contributed by atoms with Crippen LogP contribution in [0, 0.1) is 20.2 Å². The van der Waals surface area contributed by atoms with Crippen molar-refractivity contribution < 1.29 is 33.6 Å². The number of ether oxygens (including phenoxy) is 4. The van der Waals surface area contributed by atoms with Gasteiger partial charge in [0.05, 0.1) is 44.5 Å². The van der Waals surface area contributed by atoms with Gasteiger partial charge in [-0.1, -0.05) is 0 Å². The van der Waals surface area contributed by atoms with Gasteiger partial charge < -0.3 is 18.9 Å². The van der Waals surface area contributed by atoms with E-state index in [1.807, 2.05) is 0 Å². The fourth-order valence-corrected chi connectivity index (χ4v) is 2.65. The zero-order valence-corrected chi connectivity index (χ0v) is 16.9. The van der Waals surface area contributed by atoms with Crippen molar-refractivity contribution in [2.75, 3.05) is 28.4 Å². The Hall–Kier alpha value is -4.42. The molecule has 164 valence electrons.